The second-order valence-corrected chi connectivity index (χ2v) is 4.98. The van der Waals surface area contributed by atoms with Gasteiger partial charge in [0.15, 0.2) is 5.41 Å². The van der Waals surface area contributed by atoms with E-state index >= 15 is 0 Å². The maximum atomic E-state index is 12.0. The number of carbonyl (C=O) groups excluding carboxylic acids is 1. The summed E-state index contributed by atoms with van der Waals surface area (Å²) >= 11 is 3.38. The van der Waals surface area contributed by atoms with E-state index in [0.29, 0.717) is 5.69 Å². The molecule has 1 aromatic carbocycles. The van der Waals surface area contributed by atoms with Gasteiger partial charge >= 0.3 is 0 Å². The maximum absolute atomic E-state index is 12.0. The molecule has 1 amide bonds. The molecule has 88 valence electrons. The first kappa shape index (κ1) is 12.1. The highest BCUT2D eigenvalue weighted by molar-refractivity contribution is 9.10. The second-order valence-electron chi connectivity index (χ2n) is 4.12. The Labute approximate surface area is 108 Å². The average molecular weight is 295 g/mol. The molecular weight excluding hydrogens is 284 g/mol. The highest BCUT2D eigenvalue weighted by Crippen LogP contribution is 2.30. The van der Waals surface area contributed by atoms with Crippen molar-refractivity contribution in [2.75, 3.05) is 18.5 Å². The first-order valence-corrected chi connectivity index (χ1v) is 5.93. The second kappa shape index (κ2) is 4.47. The lowest BCUT2D eigenvalue weighted by Crippen LogP contribution is -2.50. The lowest BCUT2D eigenvalue weighted by atomic mass is 9.87. The van der Waals surface area contributed by atoms with Crippen molar-refractivity contribution in [2.24, 2.45) is 5.41 Å². The van der Waals surface area contributed by atoms with Crippen molar-refractivity contribution in [2.45, 2.75) is 6.92 Å². The summed E-state index contributed by atoms with van der Waals surface area (Å²) in [5.74, 6) is -0.309. The van der Waals surface area contributed by atoms with Crippen LogP contribution in [0.4, 0.5) is 5.69 Å². The zero-order valence-electron chi connectivity index (χ0n) is 9.29. The predicted octanol–water partition coefficient (Wildman–Crippen LogP) is 2.24. The molecule has 0 bridgehead atoms. The fraction of sp³-hybridized carbons (Fsp3) is 0.333. The quantitative estimate of drug-likeness (QED) is 0.910. The van der Waals surface area contributed by atoms with E-state index in [1.807, 2.05) is 31.2 Å². The van der Waals surface area contributed by atoms with Crippen LogP contribution in [-0.2, 0) is 9.53 Å². The lowest BCUT2D eigenvalue weighted by Gasteiger charge is -2.33. The van der Waals surface area contributed by atoms with Gasteiger partial charge in [0, 0.05) is 4.47 Å². The van der Waals surface area contributed by atoms with E-state index in [-0.39, 0.29) is 19.1 Å². The zero-order valence-corrected chi connectivity index (χ0v) is 10.9. The monoisotopic (exact) mass is 294 g/mol. The van der Waals surface area contributed by atoms with Crippen LogP contribution in [-0.4, -0.2) is 19.1 Å². The molecule has 0 radical (unpaired) electrons. The molecule has 0 spiro atoms. The third-order valence-electron chi connectivity index (χ3n) is 2.72. The number of hydrogen-bond acceptors (Lipinski definition) is 3. The molecule has 0 saturated carbocycles. The summed E-state index contributed by atoms with van der Waals surface area (Å²) in [5, 5.41) is 11.7. The van der Waals surface area contributed by atoms with Gasteiger partial charge in [-0.2, -0.15) is 5.26 Å². The molecule has 1 saturated heterocycles. The van der Waals surface area contributed by atoms with Gasteiger partial charge in [-0.3, -0.25) is 4.79 Å². The number of ether oxygens (including phenoxy) is 1. The Morgan fingerprint density at radius 1 is 1.59 bits per heavy atom. The largest absolute Gasteiger partial charge is 0.377 e. The van der Waals surface area contributed by atoms with Gasteiger partial charge in [0.2, 0.25) is 5.91 Å². The Morgan fingerprint density at radius 2 is 2.29 bits per heavy atom. The zero-order chi connectivity index (χ0) is 12.5. The van der Waals surface area contributed by atoms with E-state index in [1.165, 1.54) is 0 Å². The van der Waals surface area contributed by atoms with Gasteiger partial charge in [-0.1, -0.05) is 6.07 Å². The van der Waals surface area contributed by atoms with Crippen molar-refractivity contribution < 1.29 is 9.53 Å². The number of amides is 1. The van der Waals surface area contributed by atoms with Crippen LogP contribution in [0.1, 0.15) is 5.56 Å². The van der Waals surface area contributed by atoms with Crippen LogP contribution in [0.15, 0.2) is 22.7 Å². The van der Waals surface area contributed by atoms with Crippen LogP contribution in [0.3, 0.4) is 0 Å². The molecule has 0 aliphatic carbocycles. The average Bonchev–Trinajstić information content (AvgIpc) is 2.21. The van der Waals surface area contributed by atoms with Gasteiger partial charge in [0.1, 0.15) is 0 Å². The Balaban J connectivity index is 2.16. The van der Waals surface area contributed by atoms with Gasteiger partial charge in [-0.15, -0.1) is 0 Å². The highest BCUT2D eigenvalue weighted by Gasteiger charge is 2.46. The summed E-state index contributed by atoms with van der Waals surface area (Å²) in [6, 6.07) is 7.63. The Bertz CT molecular complexity index is 504. The standard InChI is InChI=1S/C12H11BrN2O2/c1-8-2-3-10(9(13)4-8)15-11(16)12(5-14)6-17-7-12/h2-4H,6-7H2,1H3,(H,15,16). The summed E-state index contributed by atoms with van der Waals surface area (Å²) in [5.41, 5.74) is 0.739. The number of nitrogens with zero attached hydrogens (tertiary/aromatic N) is 1. The lowest BCUT2D eigenvalue weighted by molar-refractivity contribution is -0.144. The van der Waals surface area contributed by atoms with E-state index in [2.05, 4.69) is 21.2 Å². The number of nitrogens with one attached hydrogen (secondary N) is 1. The van der Waals surface area contributed by atoms with Crippen LogP contribution >= 0.6 is 15.9 Å². The van der Waals surface area contributed by atoms with Crippen molar-refractivity contribution in [1.82, 2.24) is 0 Å². The number of aryl methyl sites for hydroxylation is 1. The van der Waals surface area contributed by atoms with E-state index in [0.717, 1.165) is 10.0 Å². The van der Waals surface area contributed by atoms with Gasteiger partial charge in [0.05, 0.1) is 25.0 Å². The first-order valence-electron chi connectivity index (χ1n) is 5.14. The molecule has 17 heavy (non-hydrogen) atoms. The normalized spacial score (nSPS) is 16.8. The van der Waals surface area contributed by atoms with E-state index < -0.39 is 5.41 Å². The molecule has 0 unspecified atom stereocenters. The number of nitriles is 1. The molecule has 1 aliphatic heterocycles. The summed E-state index contributed by atoms with van der Waals surface area (Å²) < 4.78 is 5.75. The number of anilines is 1. The van der Waals surface area contributed by atoms with Gasteiger partial charge in [0.25, 0.3) is 0 Å². The number of benzene rings is 1. The van der Waals surface area contributed by atoms with Crippen molar-refractivity contribution in [1.29, 1.82) is 5.26 Å². The molecule has 0 atom stereocenters. The van der Waals surface area contributed by atoms with E-state index in [9.17, 15) is 4.79 Å². The molecule has 1 aliphatic rings. The predicted molar refractivity (Wildman–Crippen MR) is 66.4 cm³/mol. The third kappa shape index (κ3) is 2.19. The number of halogens is 1. The third-order valence-corrected chi connectivity index (χ3v) is 3.37. The van der Waals surface area contributed by atoms with Crippen LogP contribution in [0.5, 0.6) is 0 Å². The summed E-state index contributed by atoms with van der Waals surface area (Å²) in [6.45, 7) is 2.30. The topological polar surface area (TPSA) is 62.1 Å². The molecule has 0 aromatic heterocycles. The fourth-order valence-corrected chi connectivity index (χ4v) is 2.11. The molecule has 1 N–H and O–H groups in total. The molecule has 5 heteroatoms. The Kier molecular flexibility index (Phi) is 3.18. The minimum atomic E-state index is -1.02. The van der Waals surface area contributed by atoms with Crippen LogP contribution in [0, 0.1) is 23.7 Å². The SMILES string of the molecule is Cc1ccc(NC(=O)C2(C#N)COC2)c(Br)c1. The van der Waals surface area contributed by atoms with E-state index in [4.69, 9.17) is 10.00 Å². The number of hydrogen-bond donors (Lipinski definition) is 1. The molecule has 1 fully saturated rings. The van der Waals surface area contributed by atoms with Crippen LogP contribution < -0.4 is 5.32 Å². The van der Waals surface area contributed by atoms with Gasteiger partial charge < -0.3 is 10.1 Å². The van der Waals surface area contributed by atoms with Crippen molar-refractivity contribution in [3.63, 3.8) is 0 Å². The fourth-order valence-electron chi connectivity index (χ4n) is 1.52. The number of carbonyl (C=O) groups is 1. The van der Waals surface area contributed by atoms with Gasteiger partial charge in [-0.25, -0.2) is 0 Å². The minimum Gasteiger partial charge on any atom is -0.377 e. The molecular formula is C12H11BrN2O2. The Morgan fingerprint density at radius 3 is 2.76 bits per heavy atom. The van der Waals surface area contributed by atoms with Gasteiger partial charge in [-0.05, 0) is 40.5 Å². The molecule has 1 heterocycles. The highest BCUT2D eigenvalue weighted by atomic mass is 79.9. The van der Waals surface area contributed by atoms with Crippen molar-refractivity contribution >= 4 is 27.5 Å². The smallest absolute Gasteiger partial charge is 0.249 e. The van der Waals surface area contributed by atoms with Crippen molar-refractivity contribution in [3.05, 3.63) is 28.2 Å². The molecule has 1 aromatic rings. The molecule has 4 nitrogen and oxygen atoms in total. The minimum absolute atomic E-state index is 0.165. The summed E-state index contributed by atoms with van der Waals surface area (Å²) in [7, 11) is 0. The van der Waals surface area contributed by atoms with E-state index in [1.54, 1.807) is 0 Å². The first-order chi connectivity index (χ1) is 8.07. The van der Waals surface area contributed by atoms with Crippen LogP contribution in [0.25, 0.3) is 0 Å². The summed E-state index contributed by atoms with van der Waals surface area (Å²) in [6.07, 6.45) is 0. The molecule has 2 rings (SSSR count). The Hall–Kier alpha value is -1.38. The van der Waals surface area contributed by atoms with Crippen LogP contribution in [0.2, 0.25) is 0 Å². The van der Waals surface area contributed by atoms with Crippen molar-refractivity contribution in [3.8, 4) is 6.07 Å². The maximum Gasteiger partial charge on any atom is 0.249 e. The number of rotatable bonds is 2. The summed E-state index contributed by atoms with van der Waals surface area (Å²) in [4.78, 5) is 12.0.